The molecule has 0 bridgehead atoms. The highest BCUT2D eigenvalue weighted by molar-refractivity contribution is 6.11. The number of quaternary nitrogens is 1. The van der Waals surface area contributed by atoms with Crippen molar-refractivity contribution in [2.45, 2.75) is 24.9 Å². The Balaban J connectivity index is 1.64. The first-order valence-electron chi connectivity index (χ1n) is 8.96. The first kappa shape index (κ1) is 20.2. The molecule has 29 heavy (non-hydrogen) atoms. The van der Waals surface area contributed by atoms with Crippen molar-refractivity contribution in [2.24, 2.45) is 11.6 Å². The third kappa shape index (κ3) is 4.15. The maximum atomic E-state index is 12.4. The summed E-state index contributed by atoms with van der Waals surface area (Å²) < 4.78 is -0.540. The van der Waals surface area contributed by atoms with Crippen LogP contribution in [0.2, 0.25) is 0 Å². The van der Waals surface area contributed by atoms with Gasteiger partial charge in [0.2, 0.25) is 11.9 Å². The van der Waals surface area contributed by atoms with Gasteiger partial charge in [-0.25, -0.2) is 9.59 Å². The Labute approximate surface area is 167 Å². The van der Waals surface area contributed by atoms with Gasteiger partial charge in [0.1, 0.15) is 11.9 Å². The number of nitrogen functional groups attached to an aromatic ring is 1. The van der Waals surface area contributed by atoms with Crippen LogP contribution in [0.1, 0.15) is 17.5 Å². The molecule has 1 aliphatic heterocycles. The molecular formula is C20H22N5O4+. The van der Waals surface area contributed by atoms with E-state index in [0.717, 1.165) is 5.56 Å². The van der Waals surface area contributed by atoms with Crippen molar-refractivity contribution < 1.29 is 19.5 Å². The minimum absolute atomic E-state index is 0.105. The van der Waals surface area contributed by atoms with Gasteiger partial charge in [0.25, 0.3) is 0 Å². The van der Waals surface area contributed by atoms with Crippen LogP contribution in [-0.2, 0) is 20.8 Å². The van der Waals surface area contributed by atoms with E-state index in [4.69, 9.17) is 17.0 Å². The van der Waals surface area contributed by atoms with Crippen LogP contribution in [0.4, 0.5) is 5.69 Å². The molecule has 0 aromatic heterocycles. The number of nitrogens with two attached hydrogens (primary N) is 2. The maximum Gasteiger partial charge on any atom is 0.399 e. The highest BCUT2D eigenvalue weighted by Gasteiger charge is 2.69. The number of nitrogens with zero attached hydrogens (tertiary/aromatic N) is 1. The van der Waals surface area contributed by atoms with Crippen molar-refractivity contribution in [3.05, 3.63) is 65.7 Å². The second kappa shape index (κ2) is 7.82. The van der Waals surface area contributed by atoms with Crippen molar-refractivity contribution >= 4 is 29.3 Å². The number of rotatable bonds is 8. The Morgan fingerprint density at radius 3 is 2.31 bits per heavy atom. The molecule has 2 amide bonds. The van der Waals surface area contributed by atoms with E-state index in [1.807, 2.05) is 6.07 Å². The quantitative estimate of drug-likeness (QED) is 0.107. The SMILES string of the molecule is N=C(N)c1ccc([N+]2(N)C(=O)C2CC(=O)NC(Cc2ccccc2)C(=O)O)cc1. The smallest absolute Gasteiger partial charge is 0.399 e. The van der Waals surface area contributed by atoms with E-state index < -0.39 is 28.6 Å². The Morgan fingerprint density at radius 1 is 1.14 bits per heavy atom. The molecule has 150 valence electrons. The molecule has 9 nitrogen and oxygen atoms in total. The molecule has 0 radical (unpaired) electrons. The summed E-state index contributed by atoms with van der Waals surface area (Å²) in [4.78, 5) is 36.2. The maximum absolute atomic E-state index is 12.4. The van der Waals surface area contributed by atoms with E-state index in [9.17, 15) is 19.5 Å². The van der Waals surface area contributed by atoms with E-state index in [1.54, 1.807) is 48.5 Å². The Kier molecular flexibility index (Phi) is 5.44. The van der Waals surface area contributed by atoms with E-state index in [2.05, 4.69) is 5.32 Å². The molecular weight excluding hydrogens is 374 g/mol. The molecule has 1 saturated heterocycles. The van der Waals surface area contributed by atoms with E-state index >= 15 is 0 Å². The summed E-state index contributed by atoms with van der Waals surface area (Å²) in [6, 6.07) is 13.4. The van der Waals surface area contributed by atoms with Crippen LogP contribution in [-0.4, -0.2) is 40.8 Å². The van der Waals surface area contributed by atoms with Crippen molar-refractivity contribution in [2.75, 3.05) is 0 Å². The predicted molar refractivity (Wildman–Crippen MR) is 107 cm³/mol. The van der Waals surface area contributed by atoms with Crippen molar-refractivity contribution in [3.63, 3.8) is 0 Å². The van der Waals surface area contributed by atoms with Crippen LogP contribution in [0.25, 0.3) is 0 Å². The standard InChI is InChI=1S/C20H21N5O4/c21-18(22)13-6-8-14(9-7-13)25(23)16(19(25)27)11-17(26)24-15(20(28)29)10-12-4-2-1-3-5-12/h1-9,15-16H,10-11,23H2,(H4-,21,22,24,26,28,29)/p+1. The van der Waals surface area contributed by atoms with Gasteiger partial charge in [0.15, 0.2) is 5.69 Å². The molecule has 3 atom stereocenters. The molecule has 1 aliphatic rings. The predicted octanol–water partition coefficient (Wildman–Crippen LogP) is 0.263. The molecule has 3 rings (SSSR count). The Bertz CT molecular complexity index is 961. The molecule has 1 fully saturated rings. The zero-order valence-corrected chi connectivity index (χ0v) is 15.5. The van der Waals surface area contributed by atoms with Crippen LogP contribution in [0.15, 0.2) is 54.6 Å². The van der Waals surface area contributed by atoms with Crippen molar-refractivity contribution in [1.29, 1.82) is 5.41 Å². The van der Waals surface area contributed by atoms with Gasteiger partial charge < -0.3 is 16.2 Å². The summed E-state index contributed by atoms with van der Waals surface area (Å²) in [7, 11) is 0. The third-order valence-corrected chi connectivity index (χ3v) is 4.97. The summed E-state index contributed by atoms with van der Waals surface area (Å²) >= 11 is 0. The molecule has 7 N–H and O–H groups in total. The van der Waals surface area contributed by atoms with E-state index in [1.165, 1.54) is 0 Å². The van der Waals surface area contributed by atoms with Crippen LogP contribution in [0.5, 0.6) is 0 Å². The highest BCUT2D eigenvalue weighted by atomic mass is 16.4. The summed E-state index contributed by atoms with van der Waals surface area (Å²) in [5, 5.41) is 19.3. The number of carbonyl (C=O) groups is 3. The van der Waals surface area contributed by atoms with Gasteiger partial charge in [0, 0.05) is 24.1 Å². The number of nitrogens with one attached hydrogen (secondary N) is 2. The lowest BCUT2D eigenvalue weighted by Gasteiger charge is -2.15. The van der Waals surface area contributed by atoms with E-state index in [0.29, 0.717) is 11.3 Å². The fourth-order valence-corrected chi connectivity index (χ4v) is 3.24. The number of carboxylic acids is 1. The van der Waals surface area contributed by atoms with Gasteiger partial charge in [-0.2, -0.15) is 5.84 Å². The van der Waals surface area contributed by atoms with Gasteiger partial charge >= 0.3 is 11.9 Å². The zero-order valence-electron chi connectivity index (χ0n) is 15.5. The fraction of sp³-hybridized carbons (Fsp3) is 0.200. The zero-order chi connectivity index (χ0) is 21.2. The van der Waals surface area contributed by atoms with Crippen LogP contribution in [0.3, 0.4) is 0 Å². The minimum atomic E-state index is -1.15. The lowest BCUT2D eigenvalue weighted by atomic mass is 10.1. The minimum Gasteiger partial charge on any atom is -0.480 e. The number of benzene rings is 2. The number of carboxylic acid groups (broad SMARTS) is 1. The normalized spacial score (nSPS) is 21.3. The number of aliphatic carboxylic acids is 1. The second-order valence-corrected chi connectivity index (χ2v) is 6.94. The molecule has 2 aromatic carbocycles. The van der Waals surface area contributed by atoms with Gasteiger partial charge in [-0.05, 0) is 17.7 Å². The molecule has 0 saturated carbocycles. The largest absolute Gasteiger partial charge is 0.480 e. The van der Waals surface area contributed by atoms with Crippen LogP contribution >= 0.6 is 0 Å². The van der Waals surface area contributed by atoms with E-state index in [-0.39, 0.29) is 24.6 Å². The number of amidine groups is 1. The lowest BCUT2D eigenvalue weighted by molar-refractivity contribution is -0.141. The number of carbonyl (C=O) groups excluding carboxylic acids is 2. The van der Waals surface area contributed by atoms with Gasteiger partial charge in [-0.15, -0.1) is 4.59 Å². The molecule has 0 spiro atoms. The lowest BCUT2D eigenvalue weighted by Crippen LogP contribution is -2.44. The Morgan fingerprint density at radius 2 is 1.76 bits per heavy atom. The van der Waals surface area contributed by atoms with Gasteiger partial charge in [-0.1, -0.05) is 30.3 Å². The van der Waals surface area contributed by atoms with Crippen LogP contribution in [0, 0.1) is 5.41 Å². The average molecular weight is 396 g/mol. The Hall–Kier alpha value is -3.56. The molecule has 9 heteroatoms. The monoisotopic (exact) mass is 396 g/mol. The summed E-state index contributed by atoms with van der Waals surface area (Å²) in [6.45, 7) is 0. The topological polar surface area (TPSA) is 159 Å². The first-order chi connectivity index (χ1) is 13.7. The second-order valence-electron chi connectivity index (χ2n) is 6.94. The summed E-state index contributed by atoms with van der Waals surface area (Å²) in [5.74, 6) is 3.99. The fourth-order valence-electron chi connectivity index (χ4n) is 3.24. The summed E-state index contributed by atoms with van der Waals surface area (Å²) in [6.07, 6.45) is -0.0853. The number of amides is 2. The third-order valence-electron chi connectivity index (χ3n) is 4.97. The molecule has 2 aromatic rings. The van der Waals surface area contributed by atoms with Crippen molar-refractivity contribution in [1.82, 2.24) is 9.91 Å². The first-order valence-corrected chi connectivity index (χ1v) is 8.96. The number of hydrogen-bond donors (Lipinski definition) is 5. The van der Waals surface area contributed by atoms with Gasteiger partial charge in [0.05, 0.1) is 6.42 Å². The molecule has 3 unspecified atom stereocenters. The average Bonchev–Trinajstić information content (AvgIpc) is 3.22. The van der Waals surface area contributed by atoms with Crippen molar-refractivity contribution in [3.8, 4) is 0 Å². The number of hydrogen-bond acceptors (Lipinski definition) is 5. The summed E-state index contributed by atoms with van der Waals surface area (Å²) in [5.41, 5.74) is 7.15. The van der Waals surface area contributed by atoms with Crippen LogP contribution < -0.4 is 21.5 Å². The highest BCUT2D eigenvalue weighted by Crippen LogP contribution is 2.37. The molecule has 0 aliphatic carbocycles. The molecule has 1 heterocycles. The van der Waals surface area contributed by atoms with Gasteiger partial charge in [-0.3, -0.25) is 10.2 Å².